The molecule has 1 aliphatic rings. The van der Waals surface area contributed by atoms with Crippen molar-refractivity contribution >= 4 is 17.3 Å². The van der Waals surface area contributed by atoms with Gasteiger partial charge < -0.3 is 16.0 Å². The van der Waals surface area contributed by atoms with Crippen molar-refractivity contribution in [3.8, 4) is 0 Å². The Morgan fingerprint density at radius 1 is 1.20 bits per heavy atom. The van der Waals surface area contributed by atoms with Gasteiger partial charge in [-0.25, -0.2) is 0 Å². The number of nitrogens with two attached hydrogens (primary N) is 1. The van der Waals surface area contributed by atoms with E-state index in [1.54, 1.807) is 0 Å². The second-order valence-corrected chi connectivity index (χ2v) is 5.43. The molecule has 1 aromatic carbocycles. The van der Waals surface area contributed by atoms with Crippen LogP contribution in [0.2, 0.25) is 0 Å². The maximum atomic E-state index is 11.6. The summed E-state index contributed by atoms with van der Waals surface area (Å²) in [5, 5.41) is 2.86. The average Bonchev–Trinajstić information content (AvgIpc) is 2.74. The topological polar surface area (TPSA) is 58.4 Å². The van der Waals surface area contributed by atoms with E-state index in [9.17, 15) is 4.79 Å². The largest absolute Gasteiger partial charge is 0.371 e. The number of fused-ring (bicyclic) bond motifs is 1. The highest BCUT2D eigenvalue weighted by Crippen LogP contribution is 2.32. The molecule has 2 rings (SSSR count). The van der Waals surface area contributed by atoms with Crippen molar-refractivity contribution < 1.29 is 4.79 Å². The summed E-state index contributed by atoms with van der Waals surface area (Å²) in [4.78, 5) is 14.0. The number of nitrogens with zero attached hydrogens (tertiary/aromatic N) is 1. The Morgan fingerprint density at radius 3 is 2.45 bits per heavy atom. The van der Waals surface area contributed by atoms with Gasteiger partial charge in [0.15, 0.2) is 0 Å². The van der Waals surface area contributed by atoms with Gasteiger partial charge >= 0.3 is 0 Å². The Hall–Kier alpha value is -1.55. The molecule has 1 amide bonds. The van der Waals surface area contributed by atoms with Crippen LogP contribution in [0.3, 0.4) is 0 Å². The van der Waals surface area contributed by atoms with Crippen molar-refractivity contribution in [3.05, 3.63) is 23.8 Å². The maximum absolute atomic E-state index is 11.6. The van der Waals surface area contributed by atoms with Gasteiger partial charge in [0, 0.05) is 30.0 Å². The van der Waals surface area contributed by atoms with Crippen LogP contribution in [0.1, 0.15) is 51.1 Å². The third kappa shape index (κ3) is 3.12. The molecule has 110 valence electrons. The van der Waals surface area contributed by atoms with E-state index in [1.165, 1.54) is 31.4 Å². The second kappa shape index (κ2) is 6.75. The minimum absolute atomic E-state index is 0.106. The normalized spacial score (nSPS) is 16.9. The summed E-state index contributed by atoms with van der Waals surface area (Å²) in [7, 11) is 0. The Morgan fingerprint density at radius 2 is 1.85 bits per heavy atom. The van der Waals surface area contributed by atoms with Crippen LogP contribution in [0, 0.1) is 0 Å². The van der Waals surface area contributed by atoms with Crippen molar-refractivity contribution in [3.63, 3.8) is 0 Å². The fourth-order valence-corrected chi connectivity index (χ4v) is 2.54. The molecule has 1 aromatic rings. The number of rotatable bonds is 7. The number of carbonyl (C=O) groups is 1. The summed E-state index contributed by atoms with van der Waals surface area (Å²) in [6, 6.07) is 5.62. The summed E-state index contributed by atoms with van der Waals surface area (Å²) in [6.45, 7) is 6.55. The highest BCUT2D eigenvalue weighted by molar-refractivity contribution is 6.02. The number of hydrogen-bond donors (Lipinski definition) is 2. The van der Waals surface area contributed by atoms with Crippen LogP contribution in [0.15, 0.2) is 18.2 Å². The predicted octanol–water partition coefficient (Wildman–Crippen LogP) is 3.05. The number of benzene rings is 1. The smallest absolute Gasteiger partial charge is 0.245 e. The summed E-state index contributed by atoms with van der Waals surface area (Å²) in [6.07, 6.45) is 4.75. The van der Waals surface area contributed by atoms with E-state index < -0.39 is 6.04 Å². The van der Waals surface area contributed by atoms with E-state index in [2.05, 4.69) is 36.2 Å². The van der Waals surface area contributed by atoms with Crippen molar-refractivity contribution in [1.29, 1.82) is 0 Å². The molecule has 0 aliphatic carbocycles. The SMILES string of the molecule is CCCCN(CCCC)c1ccc2c(c1)NC(=O)C2N. The molecule has 1 aliphatic heterocycles. The highest BCUT2D eigenvalue weighted by atomic mass is 16.2. The van der Waals surface area contributed by atoms with Crippen LogP contribution in [0.5, 0.6) is 0 Å². The average molecular weight is 275 g/mol. The standard InChI is InChI=1S/C16H25N3O/c1-3-5-9-19(10-6-4-2)12-7-8-13-14(11-12)18-16(20)15(13)17/h7-8,11,15H,3-6,9-10,17H2,1-2H3,(H,18,20). The molecule has 0 saturated heterocycles. The fourth-order valence-electron chi connectivity index (χ4n) is 2.54. The van der Waals surface area contributed by atoms with E-state index in [0.717, 1.165) is 24.3 Å². The molecule has 0 spiro atoms. The summed E-state index contributed by atoms with van der Waals surface area (Å²) in [5.74, 6) is -0.106. The third-order valence-electron chi connectivity index (χ3n) is 3.84. The first-order chi connectivity index (χ1) is 9.67. The number of anilines is 2. The van der Waals surface area contributed by atoms with Gasteiger partial charge in [-0.2, -0.15) is 0 Å². The number of carbonyl (C=O) groups excluding carboxylic acids is 1. The molecule has 0 aromatic heterocycles. The lowest BCUT2D eigenvalue weighted by molar-refractivity contribution is -0.116. The predicted molar refractivity (Wildman–Crippen MR) is 84.0 cm³/mol. The minimum atomic E-state index is -0.515. The summed E-state index contributed by atoms with van der Waals surface area (Å²) < 4.78 is 0. The number of unbranched alkanes of at least 4 members (excludes halogenated alkanes) is 2. The van der Waals surface area contributed by atoms with Crippen LogP contribution in [0.4, 0.5) is 11.4 Å². The van der Waals surface area contributed by atoms with E-state index in [0.29, 0.717) is 0 Å². The molecular weight excluding hydrogens is 250 g/mol. The number of hydrogen-bond acceptors (Lipinski definition) is 3. The van der Waals surface area contributed by atoms with E-state index in [-0.39, 0.29) is 5.91 Å². The molecule has 1 heterocycles. The molecule has 3 N–H and O–H groups in total. The van der Waals surface area contributed by atoms with E-state index in [1.807, 2.05) is 6.07 Å². The van der Waals surface area contributed by atoms with Gasteiger partial charge in [0.05, 0.1) is 0 Å². The minimum Gasteiger partial charge on any atom is -0.371 e. The Labute approximate surface area is 121 Å². The van der Waals surface area contributed by atoms with Gasteiger partial charge in [-0.3, -0.25) is 4.79 Å². The Balaban J connectivity index is 2.17. The van der Waals surface area contributed by atoms with Gasteiger partial charge in [0.1, 0.15) is 6.04 Å². The van der Waals surface area contributed by atoms with Crippen molar-refractivity contribution in [1.82, 2.24) is 0 Å². The van der Waals surface area contributed by atoms with Gasteiger partial charge in [0.25, 0.3) is 0 Å². The molecule has 0 radical (unpaired) electrons. The second-order valence-electron chi connectivity index (χ2n) is 5.43. The van der Waals surface area contributed by atoms with Crippen LogP contribution in [-0.4, -0.2) is 19.0 Å². The first kappa shape index (κ1) is 14.9. The molecular formula is C16H25N3O. The first-order valence-electron chi connectivity index (χ1n) is 7.62. The molecule has 4 heteroatoms. The van der Waals surface area contributed by atoms with E-state index in [4.69, 9.17) is 5.73 Å². The van der Waals surface area contributed by atoms with Crippen molar-refractivity contribution in [2.24, 2.45) is 5.73 Å². The van der Waals surface area contributed by atoms with Crippen LogP contribution < -0.4 is 16.0 Å². The van der Waals surface area contributed by atoms with Crippen LogP contribution >= 0.6 is 0 Å². The van der Waals surface area contributed by atoms with Crippen molar-refractivity contribution in [2.75, 3.05) is 23.3 Å². The lowest BCUT2D eigenvalue weighted by atomic mass is 10.1. The molecule has 20 heavy (non-hydrogen) atoms. The monoisotopic (exact) mass is 275 g/mol. The zero-order valence-electron chi connectivity index (χ0n) is 12.5. The van der Waals surface area contributed by atoms with Crippen molar-refractivity contribution in [2.45, 2.75) is 45.6 Å². The quantitative estimate of drug-likeness (QED) is 0.804. The lowest BCUT2D eigenvalue weighted by Gasteiger charge is -2.25. The molecule has 0 fully saturated rings. The molecule has 4 nitrogen and oxygen atoms in total. The Kier molecular flexibility index (Phi) is 5.01. The van der Waals surface area contributed by atoms with Gasteiger partial charge in [-0.1, -0.05) is 32.8 Å². The number of nitrogens with one attached hydrogen (secondary N) is 1. The lowest BCUT2D eigenvalue weighted by Crippen LogP contribution is -2.25. The van der Waals surface area contributed by atoms with E-state index >= 15 is 0 Å². The molecule has 0 saturated carbocycles. The van der Waals surface area contributed by atoms with Crippen LogP contribution in [-0.2, 0) is 4.79 Å². The van der Waals surface area contributed by atoms with Gasteiger partial charge in [-0.05, 0) is 25.0 Å². The molecule has 0 bridgehead atoms. The molecule has 1 unspecified atom stereocenters. The van der Waals surface area contributed by atoms with Gasteiger partial charge in [0.2, 0.25) is 5.91 Å². The first-order valence-corrected chi connectivity index (χ1v) is 7.62. The zero-order chi connectivity index (χ0) is 14.5. The summed E-state index contributed by atoms with van der Waals surface area (Å²) >= 11 is 0. The van der Waals surface area contributed by atoms with Crippen LogP contribution in [0.25, 0.3) is 0 Å². The zero-order valence-corrected chi connectivity index (χ0v) is 12.5. The highest BCUT2D eigenvalue weighted by Gasteiger charge is 2.27. The maximum Gasteiger partial charge on any atom is 0.245 e. The summed E-state index contributed by atoms with van der Waals surface area (Å²) in [5.41, 5.74) is 8.81. The number of amides is 1. The molecule has 1 atom stereocenters. The fraction of sp³-hybridized carbons (Fsp3) is 0.562. The third-order valence-corrected chi connectivity index (χ3v) is 3.84. The Bertz CT molecular complexity index is 465. The van der Waals surface area contributed by atoms with Gasteiger partial charge in [-0.15, -0.1) is 0 Å².